The standard InChI is InChI=1S/C13H16F3NS/c1-9-12(6-7-18-9)17-8-10-2-4-11(5-3-10)13(14,15)16/h2-5,9,12,17H,6-8H2,1H3. The van der Waals surface area contributed by atoms with E-state index in [1.807, 2.05) is 11.8 Å². The fraction of sp³-hybridized carbons (Fsp3) is 0.538. The van der Waals surface area contributed by atoms with Crippen molar-refractivity contribution in [1.82, 2.24) is 5.32 Å². The van der Waals surface area contributed by atoms with Crippen LogP contribution in [-0.2, 0) is 12.7 Å². The first-order valence-corrected chi connectivity index (χ1v) is 7.03. The van der Waals surface area contributed by atoms with E-state index in [-0.39, 0.29) is 0 Å². The van der Waals surface area contributed by atoms with E-state index in [0.29, 0.717) is 17.8 Å². The highest BCUT2D eigenvalue weighted by Gasteiger charge is 2.30. The largest absolute Gasteiger partial charge is 0.416 e. The molecule has 2 atom stereocenters. The van der Waals surface area contributed by atoms with E-state index < -0.39 is 11.7 Å². The van der Waals surface area contributed by atoms with Crippen molar-refractivity contribution in [3.05, 3.63) is 35.4 Å². The molecule has 0 aliphatic carbocycles. The van der Waals surface area contributed by atoms with Gasteiger partial charge in [0.2, 0.25) is 0 Å². The minimum Gasteiger partial charge on any atom is -0.309 e. The lowest BCUT2D eigenvalue weighted by atomic mass is 10.1. The van der Waals surface area contributed by atoms with Gasteiger partial charge in [-0.25, -0.2) is 0 Å². The van der Waals surface area contributed by atoms with Crippen LogP contribution in [0.15, 0.2) is 24.3 Å². The molecule has 1 aromatic carbocycles. The highest BCUT2D eigenvalue weighted by Crippen LogP contribution is 2.29. The average Bonchev–Trinajstić information content (AvgIpc) is 2.72. The topological polar surface area (TPSA) is 12.0 Å². The molecule has 1 aliphatic heterocycles. The molecule has 18 heavy (non-hydrogen) atoms. The van der Waals surface area contributed by atoms with E-state index in [0.717, 1.165) is 29.9 Å². The molecular weight excluding hydrogens is 259 g/mol. The second-order valence-corrected chi connectivity index (χ2v) is 6.03. The maximum Gasteiger partial charge on any atom is 0.416 e. The smallest absolute Gasteiger partial charge is 0.309 e. The van der Waals surface area contributed by atoms with Crippen LogP contribution in [0, 0.1) is 0 Å². The average molecular weight is 275 g/mol. The molecule has 1 saturated heterocycles. The van der Waals surface area contributed by atoms with Gasteiger partial charge >= 0.3 is 6.18 Å². The summed E-state index contributed by atoms with van der Waals surface area (Å²) in [5.41, 5.74) is 0.308. The van der Waals surface area contributed by atoms with Gasteiger partial charge in [0.1, 0.15) is 0 Å². The van der Waals surface area contributed by atoms with E-state index >= 15 is 0 Å². The van der Waals surface area contributed by atoms with Crippen LogP contribution in [0.1, 0.15) is 24.5 Å². The molecule has 1 aromatic rings. The number of hydrogen-bond donors (Lipinski definition) is 1. The van der Waals surface area contributed by atoms with E-state index in [1.165, 1.54) is 0 Å². The Morgan fingerprint density at radius 3 is 2.44 bits per heavy atom. The maximum absolute atomic E-state index is 12.4. The van der Waals surface area contributed by atoms with Gasteiger partial charge in [0.05, 0.1) is 5.56 Å². The zero-order valence-corrected chi connectivity index (χ0v) is 10.9. The van der Waals surface area contributed by atoms with Gasteiger partial charge in [0.25, 0.3) is 0 Å². The molecule has 1 N–H and O–H groups in total. The lowest BCUT2D eigenvalue weighted by Crippen LogP contribution is -2.32. The Morgan fingerprint density at radius 1 is 1.28 bits per heavy atom. The Labute approximate surface area is 109 Å². The molecule has 1 nitrogen and oxygen atoms in total. The summed E-state index contributed by atoms with van der Waals surface area (Å²) in [6, 6.07) is 5.84. The van der Waals surface area contributed by atoms with Crippen molar-refractivity contribution >= 4 is 11.8 Å². The van der Waals surface area contributed by atoms with Gasteiger partial charge in [-0.1, -0.05) is 19.1 Å². The molecule has 2 unspecified atom stereocenters. The van der Waals surface area contributed by atoms with Crippen LogP contribution in [0.2, 0.25) is 0 Å². The van der Waals surface area contributed by atoms with Gasteiger partial charge in [0.15, 0.2) is 0 Å². The number of nitrogens with one attached hydrogen (secondary N) is 1. The van der Waals surface area contributed by atoms with E-state index in [4.69, 9.17) is 0 Å². The number of rotatable bonds is 3. The molecule has 0 amide bonds. The van der Waals surface area contributed by atoms with Crippen LogP contribution in [-0.4, -0.2) is 17.0 Å². The van der Waals surface area contributed by atoms with Gasteiger partial charge in [-0.15, -0.1) is 0 Å². The number of benzene rings is 1. The lowest BCUT2D eigenvalue weighted by molar-refractivity contribution is -0.137. The first-order valence-electron chi connectivity index (χ1n) is 5.98. The van der Waals surface area contributed by atoms with Crippen molar-refractivity contribution in [2.24, 2.45) is 0 Å². The summed E-state index contributed by atoms with van der Waals surface area (Å²) in [5, 5.41) is 3.99. The SMILES string of the molecule is CC1SCCC1NCc1ccc(C(F)(F)F)cc1. The van der Waals surface area contributed by atoms with Crippen molar-refractivity contribution in [2.45, 2.75) is 37.4 Å². The first kappa shape index (κ1) is 13.7. The molecule has 1 fully saturated rings. The summed E-state index contributed by atoms with van der Waals surface area (Å²) in [7, 11) is 0. The fourth-order valence-corrected chi connectivity index (χ4v) is 3.29. The molecule has 5 heteroatoms. The molecule has 1 aliphatic rings. The minimum atomic E-state index is -4.25. The second-order valence-electron chi connectivity index (χ2n) is 4.55. The Kier molecular flexibility index (Phi) is 4.22. The zero-order valence-electron chi connectivity index (χ0n) is 10.1. The van der Waals surface area contributed by atoms with Crippen LogP contribution < -0.4 is 5.32 Å². The molecule has 0 aromatic heterocycles. The highest BCUT2D eigenvalue weighted by molar-refractivity contribution is 8.00. The van der Waals surface area contributed by atoms with E-state index in [2.05, 4.69) is 12.2 Å². The van der Waals surface area contributed by atoms with Gasteiger partial charge in [-0.2, -0.15) is 24.9 Å². The molecule has 0 radical (unpaired) electrons. The molecule has 1 heterocycles. The fourth-order valence-electron chi connectivity index (χ4n) is 2.06. The predicted molar refractivity (Wildman–Crippen MR) is 68.6 cm³/mol. The summed E-state index contributed by atoms with van der Waals surface area (Å²) in [6.07, 6.45) is -3.12. The monoisotopic (exact) mass is 275 g/mol. The Hall–Kier alpha value is -0.680. The molecule has 0 bridgehead atoms. The summed E-state index contributed by atoms with van der Waals surface area (Å²) < 4.78 is 37.2. The Bertz CT molecular complexity index is 388. The molecule has 100 valence electrons. The van der Waals surface area contributed by atoms with Gasteiger partial charge in [0, 0.05) is 17.8 Å². The van der Waals surface area contributed by atoms with Crippen molar-refractivity contribution in [1.29, 1.82) is 0 Å². The van der Waals surface area contributed by atoms with Crippen LogP contribution in [0.5, 0.6) is 0 Å². The normalized spacial score (nSPS) is 24.4. The summed E-state index contributed by atoms with van der Waals surface area (Å²) in [5.74, 6) is 1.16. The van der Waals surface area contributed by atoms with E-state index in [1.54, 1.807) is 12.1 Å². The van der Waals surface area contributed by atoms with Crippen molar-refractivity contribution < 1.29 is 13.2 Å². The lowest BCUT2D eigenvalue weighted by Gasteiger charge is -2.16. The van der Waals surface area contributed by atoms with Crippen LogP contribution >= 0.6 is 11.8 Å². The quantitative estimate of drug-likeness (QED) is 0.903. The third-order valence-corrected chi connectivity index (χ3v) is 4.55. The summed E-state index contributed by atoms with van der Waals surface area (Å²) >= 11 is 1.94. The Balaban J connectivity index is 1.90. The third kappa shape index (κ3) is 3.42. The second kappa shape index (κ2) is 5.53. The van der Waals surface area contributed by atoms with Crippen molar-refractivity contribution in [3.8, 4) is 0 Å². The Morgan fingerprint density at radius 2 is 1.94 bits per heavy atom. The molecule has 0 saturated carbocycles. The van der Waals surface area contributed by atoms with Crippen molar-refractivity contribution in [2.75, 3.05) is 5.75 Å². The minimum absolute atomic E-state index is 0.470. The number of alkyl halides is 3. The van der Waals surface area contributed by atoms with Gasteiger partial charge < -0.3 is 5.32 Å². The third-order valence-electron chi connectivity index (χ3n) is 3.23. The van der Waals surface area contributed by atoms with Crippen LogP contribution in [0.3, 0.4) is 0 Å². The highest BCUT2D eigenvalue weighted by atomic mass is 32.2. The number of thioether (sulfide) groups is 1. The van der Waals surface area contributed by atoms with Crippen molar-refractivity contribution in [3.63, 3.8) is 0 Å². The molecule has 0 spiro atoms. The van der Waals surface area contributed by atoms with Crippen LogP contribution in [0.4, 0.5) is 13.2 Å². The summed E-state index contributed by atoms with van der Waals surface area (Å²) in [6.45, 7) is 2.82. The first-order chi connectivity index (χ1) is 8.47. The van der Waals surface area contributed by atoms with Crippen LogP contribution in [0.25, 0.3) is 0 Å². The maximum atomic E-state index is 12.4. The van der Waals surface area contributed by atoms with Gasteiger partial charge in [-0.3, -0.25) is 0 Å². The number of halogens is 3. The van der Waals surface area contributed by atoms with E-state index in [9.17, 15) is 13.2 Å². The predicted octanol–water partition coefficient (Wildman–Crippen LogP) is 3.69. The summed E-state index contributed by atoms with van der Waals surface area (Å²) in [4.78, 5) is 0. The zero-order chi connectivity index (χ0) is 13.2. The molecule has 2 rings (SSSR count). The molecular formula is C13H16F3NS. The number of hydrogen-bond acceptors (Lipinski definition) is 2. The van der Waals surface area contributed by atoms with Gasteiger partial charge in [-0.05, 0) is 29.9 Å².